The first kappa shape index (κ1) is 14.0. The summed E-state index contributed by atoms with van der Waals surface area (Å²) in [6.07, 6.45) is -0.574. The third kappa shape index (κ3) is 3.53. The van der Waals surface area contributed by atoms with Gasteiger partial charge in [-0.2, -0.15) is 0 Å². The maximum atomic E-state index is 10.2. The molecule has 0 saturated carbocycles. The van der Waals surface area contributed by atoms with E-state index in [0.29, 0.717) is 6.54 Å². The molecule has 0 fully saturated rings. The SMILES string of the molecule is CC(C)(CO)NC[C@@H](O)c1ccc2ccccc2c1. The molecule has 3 nitrogen and oxygen atoms in total. The fourth-order valence-electron chi connectivity index (χ4n) is 1.96. The van der Waals surface area contributed by atoms with Gasteiger partial charge in [-0.3, -0.25) is 0 Å². The average Bonchev–Trinajstić information content (AvgIpc) is 2.44. The molecular formula is C16H21NO2. The second-order valence-corrected chi connectivity index (χ2v) is 5.55. The summed E-state index contributed by atoms with van der Waals surface area (Å²) in [6.45, 7) is 4.27. The quantitative estimate of drug-likeness (QED) is 0.772. The van der Waals surface area contributed by atoms with Gasteiger partial charge in [0.15, 0.2) is 0 Å². The molecule has 2 rings (SSSR count). The van der Waals surface area contributed by atoms with E-state index in [2.05, 4.69) is 11.4 Å². The van der Waals surface area contributed by atoms with E-state index in [4.69, 9.17) is 0 Å². The van der Waals surface area contributed by atoms with Gasteiger partial charge in [0.25, 0.3) is 0 Å². The minimum absolute atomic E-state index is 0.0391. The van der Waals surface area contributed by atoms with E-state index in [-0.39, 0.29) is 12.1 Å². The number of aliphatic hydroxyl groups is 2. The summed E-state index contributed by atoms with van der Waals surface area (Å²) < 4.78 is 0. The molecule has 3 heteroatoms. The third-order valence-electron chi connectivity index (χ3n) is 3.33. The van der Waals surface area contributed by atoms with Crippen LogP contribution >= 0.6 is 0 Å². The van der Waals surface area contributed by atoms with Crippen LogP contribution in [0.5, 0.6) is 0 Å². The van der Waals surface area contributed by atoms with Crippen molar-refractivity contribution in [3.8, 4) is 0 Å². The molecule has 102 valence electrons. The van der Waals surface area contributed by atoms with Gasteiger partial charge in [-0.15, -0.1) is 0 Å². The second-order valence-electron chi connectivity index (χ2n) is 5.55. The monoisotopic (exact) mass is 259 g/mol. The lowest BCUT2D eigenvalue weighted by Crippen LogP contribution is -2.44. The second kappa shape index (κ2) is 5.70. The Kier molecular flexibility index (Phi) is 4.20. The zero-order chi connectivity index (χ0) is 13.9. The van der Waals surface area contributed by atoms with Crippen LogP contribution in [-0.4, -0.2) is 28.9 Å². The van der Waals surface area contributed by atoms with Crippen LogP contribution in [-0.2, 0) is 0 Å². The highest BCUT2D eigenvalue weighted by Gasteiger charge is 2.17. The highest BCUT2D eigenvalue weighted by molar-refractivity contribution is 5.83. The average molecular weight is 259 g/mol. The van der Waals surface area contributed by atoms with Crippen molar-refractivity contribution in [2.24, 2.45) is 0 Å². The number of rotatable bonds is 5. The zero-order valence-corrected chi connectivity index (χ0v) is 11.4. The van der Waals surface area contributed by atoms with Crippen LogP contribution in [0.1, 0.15) is 25.5 Å². The Bertz CT molecular complexity index is 551. The largest absolute Gasteiger partial charge is 0.394 e. The molecule has 0 unspecified atom stereocenters. The molecule has 0 aliphatic rings. The van der Waals surface area contributed by atoms with Crippen LogP contribution in [0.15, 0.2) is 42.5 Å². The molecule has 2 aromatic rings. The lowest BCUT2D eigenvalue weighted by Gasteiger charge is -2.25. The number of fused-ring (bicyclic) bond motifs is 1. The number of β-amino-alcohol motifs (C(OH)–C–C–N with tert-alkyl or cyclic N) is 1. The van der Waals surface area contributed by atoms with Crippen molar-refractivity contribution < 1.29 is 10.2 Å². The van der Waals surface area contributed by atoms with Gasteiger partial charge in [0.2, 0.25) is 0 Å². The summed E-state index contributed by atoms with van der Waals surface area (Å²) in [6, 6.07) is 14.1. The van der Waals surface area contributed by atoms with Crippen molar-refractivity contribution in [3.63, 3.8) is 0 Å². The van der Waals surface area contributed by atoms with Gasteiger partial charge in [0.05, 0.1) is 12.7 Å². The van der Waals surface area contributed by atoms with E-state index in [1.807, 2.05) is 50.2 Å². The minimum Gasteiger partial charge on any atom is -0.394 e. The normalized spacial score (nSPS) is 13.7. The van der Waals surface area contributed by atoms with Gasteiger partial charge in [-0.05, 0) is 36.2 Å². The number of hydrogen-bond donors (Lipinski definition) is 3. The predicted molar refractivity (Wildman–Crippen MR) is 78.1 cm³/mol. The Labute approximate surface area is 113 Å². The highest BCUT2D eigenvalue weighted by atomic mass is 16.3. The van der Waals surface area contributed by atoms with Gasteiger partial charge in [-0.1, -0.05) is 36.4 Å². The third-order valence-corrected chi connectivity index (χ3v) is 3.33. The summed E-state index contributed by atoms with van der Waals surface area (Å²) in [5.74, 6) is 0. The molecule has 0 aliphatic heterocycles. The predicted octanol–water partition coefficient (Wildman–Crippen LogP) is 2.23. The van der Waals surface area contributed by atoms with Crippen molar-refractivity contribution in [3.05, 3.63) is 48.0 Å². The Balaban J connectivity index is 2.11. The Morgan fingerprint density at radius 1 is 1.11 bits per heavy atom. The first-order valence-corrected chi connectivity index (χ1v) is 6.54. The fourth-order valence-corrected chi connectivity index (χ4v) is 1.96. The molecule has 0 aromatic heterocycles. The summed E-state index contributed by atoms with van der Waals surface area (Å²) >= 11 is 0. The van der Waals surface area contributed by atoms with E-state index < -0.39 is 6.10 Å². The molecule has 1 atom stereocenters. The van der Waals surface area contributed by atoms with Gasteiger partial charge in [-0.25, -0.2) is 0 Å². The van der Waals surface area contributed by atoms with E-state index >= 15 is 0 Å². The molecular weight excluding hydrogens is 238 g/mol. The fraction of sp³-hybridized carbons (Fsp3) is 0.375. The zero-order valence-electron chi connectivity index (χ0n) is 11.4. The van der Waals surface area contributed by atoms with Crippen molar-refractivity contribution in [2.75, 3.05) is 13.2 Å². The summed E-state index contributed by atoms with van der Waals surface area (Å²) in [4.78, 5) is 0. The first-order valence-electron chi connectivity index (χ1n) is 6.54. The van der Waals surface area contributed by atoms with E-state index in [1.165, 1.54) is 5.39 Å². The van der Waals surface area contributed by atoms with E-state index in [1.54, 1.807) is 0 Å². The highest BCUT2D eigenvalue weighted by Crippen LogP contribution is 2.20. The van der Waals surface area contributed by atoms with Crippen LogP contribution in [0.3, 0.4) is 0 Å². The molecule has 0 radical (unpaired) electrons. The Hall–Kier alpha value is -1.42. The number of nitrogens with one attached hydrogen (secondary N) is 1. The van der Waals surface area contributed by atoms with Crippen LogP contribution in [0.25, 0.3) is 10.8 Å². The van der Waals surface area contributed by atoms with E-state index in [9.17, 15) is 10.2 Å². The van der Waals surface area contributed by atoms with Crippen molar-refractivity contribution in [1.82, 2.24) is 5.32 Å². The van der Waals surface area contributed by atoms with Crippen LogP contribution in [0, 0.1) is 0 Å². The summed E-state index contributed by atoms with van der Waals surface area (Å²) in [7, 11) is 0. The van der Waals surface area contributed by atoms with Crippen LogP contribution in [0.2, 0.25) is 0 Å². The lowest BCUT2D eigenvalue weighted by molar-refractivity contribution is 0.136. The molecule has 0 spiro atoms. The standard InChI is InChI=1S/C16H21NO2/c1-16(2,11-18)17-10-15(19)14-8-7-12-5-3-4-6-13(12)9-14/h3-9,15,17-19H,10-11H2,1-2H3/t15-/m1/s1. The molecule has 2 aromatic carbocycles. The number of benzene rings is 2. The van der Waals surface area contributed by atoms with Gasteiger partial charge < -0.3 is 15.5 Å². The molecule has 0 saturated heterocycles. The smallest absolute Gasteiger partial charge is 0.0914 e. The van der Waals surface area contributed by atoms with Gasteiger partial charge in [0, 0.05) is 12.1 Å². The Morgan fingerprint density at radius 2 is 1.79 bits per heavy atom. The summed E-state index contributed by atoms with van der Waals surface area (Å²) in [5, 5.41) is 24.8. The molecule has 0 bridgehead atoms. The van der Waals surface area contributed by atoms with Gasteiger partial charge >= 0.3 is 0 Å². The van der Waals surface area contributed by atoms with Crippen molar-refractivity contribution in [1.29, 1.82) is 0 Å². The molecule has 0 heterocycles. The van der Waals surface area contributed by atoms with Crippen LogP contribution < -0.4 is 5.32 Å². The summed E-state index contributed by atoms with van der Waals surface area (Å²) in [5.41, 5.74) is 0.512. The molecule has 0 amide bonds. The van der Waals surface area contributed by atoms with E-state index in [0.717, 1.165) is 10.9 Å². The van der Waals surface area contributed by atoms with Gasteiger partial charge in [0.1, 0.15) is 0 Å². The molecule has 3 N–H and O–H groups in total. The maximum Gasteiger partial charge on any atom is 0.0914 e. The Morgan fingerprint density at radius 3 is 2.47 bits per heavy atom. The van der Waals surface area contributed by atoms with Crippen molar-refractivity contribution in [2.45, 2.75) is 25.5 Å². The lowest BCUT2D eigenvalue weighted by atomic mass is 10.0. The first-order chi connectivity index (χ1) is 9.02. The molecule has 19 heavy (non-hydrogen) atoms. The number of aliphatic hydroxyl groups excluding tert-OH is 2. The maximum absolute atomic E-state index is 10.2. The molecule has 0 aliphatic carbocycles. The van der Waals surface area contributed by atoms with Crippen molar-refractivity contribution >= 4 is 10.8 Å². The number of hydrogen-bond acceptors (Lipinski definition) is 3. The van der Waals surface area contributed by atoms with Crippen LogP contribution in [0.4, 0.5) is 0 Å². The topological polar surface area (TPSA) is 52.5 Å². The minimum atomic E-state index is -0.574.